The standard InChI is InChI=1S/C13H20N4OS/c1-13(2,3)17-11(18)5-7-15-9-4-6-16-10(8-9)12(14)19/h4,6,8H,5,7H2,1-3H3,(H2,14,19)(H,15,16)(H,17,18). The molecule has 0 aromatic carbocycles. The van der Waals surface area contributed by atoms with E-state index >= 15 is 0 Å². The first-order valence-electron chi connectivity index (χ1n) is 6.09. The minimum Gasteiger partial charge on any atom is -0.388 e. The highest BCUT2D eigenvalue weighted by atomic mass is 32.1. The van der Waals surface area contributed by atoms with Crippen LogP contribution in [-0.4, -0.2) is 28.0 Å². The van der Waals surface area contributed by atoms with Crippen LogP contribution in [0.15, 0.2) is 18.3 Å². The van der Waals surface area contributed by atoms with Crippen LogP contribution < -0.4 is 16.4 Å². The molecule has 0 aliphatic heterocycles. The Balaban J connectivity index is 2.43. The summed E-state index contributed by atoms with van der Waals surface area (Å²) in [4.78, 5) is 15.9. The summed E-state index contributed by atoms with van der Waals surface area (Å²) in [5.74, 6) is 0.0172. The molecule has 6 heteroatoms. The van der Waals surface area contributed by atoms with Crippen molar-refractivity contribution in [3.05, 3.63) is 24.0 Å². The van der Waals surface area contributed by atoms with Gasteiger partial charge in [0.05, 0.1) is 5.69 Å². The van der Waals surface area contributed by atoms with Gasteiger partial charge in [-0.1, -0.05) is 12.2 Å². The number of nitrogens with one attached hydrogen (secondary N) is 2. The van der Waals surface area contributed by atoms with Gasteiger partial charge in [0.15, 0.2) is 0 Å². The number of nitrogens with zero attached hydrogens (tertiary/aromatic N) is 1. The highest BCUT2D eigenvalue weighted by Crippen LogP contribution is 2.08. The molecule has 0 saturated heterocycles. The van der Waals surface area contributed by atoms with Crippen LogP contribution in [-0.2, 0) is 4.79 Å². The fourth-order valence-corrected chi connectivity index (χ4v) is 1.59. The maximum absolute atomic E-state index is 11.6. The van der Waals surface area contributed by atoms with E-state index in [1.54, 1.807) is 12.3 Å². The van der Waals surface area contributed by atoms with E-state index in [-0.39, 0.29) is 16.4 Å². The van der Waals surface area contributed by atoms with Crippen molar-refractivity contribution in [2.24, 2.45) is 5.73 Å². The molecule has 104 valence electrons. The number of aromatic nitrogens is 1. The highest BCUT2D eigenvalue weighted by Gasteiger charge is 2.12. The number of pyridine rings is 1. The summed E-state index contributed by atoms with van der Waals surface area (Å²) in [6.45, 7) is 6.41. The second-order valence-corrected chi connectivity index (χ2v) is 5.71. The minimum absolute atomic E-state index is 0.0172. The molecular formula is C13H20N4OS. The molecule has 0 fully saturated rings. The molecule has 0 aliphatic rings. The van der Waals surface area contributed by atoms with Crippen molar-refractivity contribution in [1.29, 1.82) is 0 Å². The molecule has 1 rings (SSSR count). The molecule has 0 atom stereocenters. The normalized spacial score (nSPS) is 10.9. The Bertz CT molecular complexity index is 468. The van der Waals surface area contributed by atoms with E-state index in [2.05, 4.69) is 15.6 Å². The Morgan fingerprint density at radius 3 is 2.74 bits per heavy atom. The molecule has 1 amide bonds. The molecule has 5 nitrogen and oxygen atoms in total. The summed E-state index contributed by atoms with van der Waals surface area (Å²) in [5.41, 5.74) is 6.72. The number of hydrogen-bond donors (Lipinski definition) is 3. The van der Waals surface area contributed by atoms with Crippen LogP contribution in [0.4, 0.5) is 5.69 Å². The number of carbonyl (C=O) groups excluding carboxylic acids is 1. The third-order valence-electron chi connectivity index (χ3n) is 2.21. The molecule has 0 spiro atoms. The lowest BCUT2D eigenvalue weighted by Crippen LogP contribution is -2.41. The van der Waals surface area contributed by atoms with E-state index in [0.717, 1.165) is 5.69 Å². The maximum atomic E-state index is 11.6. The van der Waals surface area contributed by atoms with Gasteiger partial charge in [-0.05, 0) is 32.9 Å². The van der Waals surface area contributed by atoms with Crippen LogP contribution >= 0.6 is 12.2 Å². The molecule has 4 N–H and O–H groups in total. The molecular weight excluding hydrogens is 260 g/mol. The molecule has 19 heavy (non-hydrogen) atoms. The van der Waals surface area contributed by atoms with Crippen molar-refractivity contribution >= 4 is 28.8 Å². The zero-order chi connectivity index (χ0) is 14.5. The van der Waals surface area contributed by atoms with Gasteiger partial charge in [0.25, 0.3) is 0 Å². The van der Waals surface area contributed by atoms with Crippen molar-refractivity contribution < 1.29 is 4.79 Å². The quantitative estimate of drug-likeness (QED) is 0.711. The first kappa shape index (κ1) is 15.4. The van der Waals surface area contributed by atoms with Gasteiger partial charge in [-0.2, -0.15) is 0 Å². The van der Waals surface area contributed by atoms with Gasteiger partial charge < -0.3 is 16.4 Å². The lowest BCUT2D eigenvalue weighted by Gasteiger charge is -2.20. The predicted molar refractivity (Wildman–Crippen MR) is 81.1 cm³/mol. The summed E-state index contributed by atoms with van der Waals surface area (Å²) in [5, 5.41) is 6.04. The van der Waals surface area contributed by atoms with Gasteiger partial charge in [0, 0.05) is 30.4 Å². The summed E-state index contributed by atoms with van der Waals surface area (Å²) in [7, 11) is 0. The molecule has 1 aromatic rings. The monoisotopic (exact) mass is 280 g/mol. The van der Waals surface area contributed by atoms with E-state index in [9.17, 15) is 4.79 Å². The Kier molecular flexibility index (Phi) is 5.23. The van der Waals surface area contributed by atoms with Gasteiger partial charge in [0.1, 0.15) is 4.99 Å². The van der Waals surface area contributed by atoms with Crippen LogP contribution in [0.25, 0.3) is 0 Å². The average molecular weight is 280 g/mol. The van der Waals surface area contributed by atoms with Crippen LogP contribution in [0.1, 0.15) is 32.9 Å². The third kappa shape index (κ3) is 6.15. The molecule has 0 aliphatic carbocycles. The fraction of sp³-hybridized carbons (Fsp3) is 0.462. The summed E-state index contributed by atoms with van der Waals surface area (Å²) >= 11 is 4.86. The number of carbonyl (C=O) groups is 1. The third-order valence-corrected chi connectivity index (χ3v) is 2.42. The minimum atomic E-state index is -0.202. The van der Waals surface area contributed by atoms with Gasteiger partial charge in [-0.3, -0.25) is 9.78 Å². The molecule has 1 aromatic heterocycles. The Hall–Kier alpha value is -1.69. The second kappa shape index (κ2) is 6.47. The van der Waals surface area contributed by atoms with E-state index in [1.165, 1.54) is 0 Å². The number of amides is 1. The molecule has 0 bridgehead atoms. The zero-order valence-corrected chi connectivity index (χ0v) is 12.3. The van der Waals surface area contributed by atoms with Crippen molar-refractivity contribution in [3.8, 4) is 0 Å². The van der Waals surface area contributed by atoms with Crippen LogP contribution in [0, 0.1) is 0 Å². The van der Waals surface area contributed by atoms with E-state index in [0.29, 0.717) is 18.7 Å². The van der Waals surface area contributed by atoms with Gasteiger partial charge in [0.2, 0.25) is 5.91 Å². The van der Waals surface area contributed by atoms with Crippen LogP contribution in [0.5, 0.6) is 0 Å². The topological polar surface area (TPSA) is 80.0 Å². The Labute approximate surface area is 119 Å². The number of anilines is 1. The lowest BCUT2D eigenvalue weighted by atomic mass is 10.1. The van der Waals surface area contributed by atoms with Crippen LogP contribution in [0.3, 0.4) is 0 Å². The first-order valence-corrected chi connectivity index (χ1v) is 6.49. The fourth-order valence-electron chi connectivity index (χ4n) is 1.48. The highest BCUT2D eigenvalue weighted by molar-refractivity contribution is 7.80. The smallest absolute Gasteiger partial charge is 0.222 e. The molecule has 1 heterocycles. The number of nitrogens with two attached hydrogens (primary N) is 1. The van der Waals surface area contributed by atoms with Crippen molar-refractivity contribution in [2.75, 3.05) is 11.9 Å². The van der Waals surface area contributed by atoms with E-state index in [4.69, 9.17) is 18.0 Å². The first-order chi connectivity index (χ1) is 8.78. The van der Waals surface area contributed by atoms with Gasteiger partial charge >= 0.3 is 0 Å². The molecule has 0 radical (unpaired) electrons. The largest absolute Gasteiger partial charge is 0.388 e. The second-order valence-electron chi connectivity index (χ2n) is 5.27. The summed E-state index contributed by atoms with van der Waals surface area (Å²) in [6, 6.07) is 3.58. The molecule has 0 saturated carbocycles. The van der Waals surface area contributed by atoms with E-state index in [1.807, 2.05) is 26.8 Å². The Morgan fingerprint density at radius 1 is 1.47 bits per heavy atom. The summed E-state index contributed by atoms with van der Waals surface area (Å²) in [6.07, 6.45) is 2.04. The number of thiocarbonyl (C=S) groups is 1. The van der Waals surface area contributed by atoms with E-state index < -0.39 is 0 Å². The maximum Gasteiger partial charge on any atom is 0.222 e. The van der Waals surface area contributed by atoms with Crippen molar-refractivity contribution in [2.45, 2.75) is 32.7 Å². The SMILES string of the molecule is CC(C)(C)NC(=O)CCNc1ccnc(C(N)=S)c1. The van der Waals surface area contributed by atoms with Crippen molar-refractivity contribution in [1.82, 2.24) is 10.3 Å². The summed E-state index contributed by atoms with van der Waals surface area (Å²) < 4.78 is 0. The number of hydrogen-bond acceptors (Lipinski definition) is 4. The van der Waals surface area contributed by atoms with Gasteiger partial charge in [-0.25, -0.2) is 0 Å². The van der Waals surface area contributed by atoms with Gasteiger partial charge in [-0.15, -0.1) is 0 Å². The lowest BCUT2D eigenvalue weighted by molar-refractivity contribution is -0.122. The predicted octanol–water partition coefficient (Wildman–Crippen LogP) is 1.43. The zero-order valence-electron chi connectivity index (χ0n) is 11.5. The van der Waals surface area contributed by atoms with Crippen LogP contribution in [0.2, 0.25) is 0 Å². The molecule has 0 unspecified atom stereocenters. The van der Waals surface area contributed by atoms with Crippen molar-refractivity contribution in [3.63, 3.8) is 0 Å². The number of rotatable bonds is 5. The average Bonchev–Trinajstić information content (AvgIpc) is 2.27. The Morgan fingerprint density at radius 2 is 2.16 bits per heavy atom.